The molecule has 1 amide bonds. The quantitative estimate of drug-likeness (QED) is 0.517. The van der Waals surface area contributed by atoms with Crippen LogP contribution in [0.15, 0.2) is 52.7 Å². The number of aryl methyl sites for hydroxylation is 2. The molecule has 1 aliphatic rings. The van der Waals surface area contributed by atoms with E-state index < -0.39 is 12.0 Å². The zero-order valence-corrected chi connectivity index (χ0v) is 21.7. The van der Waals surface area contributed by atoms with Crippen LogP contribution in [0, 0.1) is 13.8 Å². The number of rotatable bonds is 8. The molecule has 0 saturated carbocycles. The number of hydrogen-bond acceptors (Lipinski definition) is 8. The summed E-state index contributed by atoms with van der Waals surface area (Å²) in [7, 11) is 3.12. The maximum absolute atomic E-state index is 12.8. The standard InChI is InChI=1S/C26H31N3O5S/c1-7-34-25(31)23-17(4)27-26(29-24(23)19-10-9-18(32-5)13-21(19)33-6)35-14-22(30)28-20-11-8-15(2)12-16(20)3/h8-13,24H,7,14H2,1-6H3,(H,27,29)(H,28,30)/t24-/m1/s1. The smallest absolute Gasteiger partial charge is 0.338 e. The molecule has 1 heterocycles. The first kappa shape index (κ1) is 26.2. The Kier molecular flexibility index (Phi) is 8.81. The van der Waals surface area contributed by atoms with Crippen molar-refractivity contribution in [3.05, 3.63) is 64.4 Å². The summed E-state index contributed by atoms with van der Waals surface area (Å²) in [4.78, 5) is 30.2. The van der Waals surface area contributed by atoms with E-state index in [-0.39, 0.29) is 18.3 Å². The molecule has 0 radical (unpaired) electrons. The summed E-state index contributed by atoms with van der Waals surface area (Å²) in [5.74, 6) is 0.697. The van der Waals surface area contributed by atoms with Crippen molar-refractivity contribution in [3.63, 3.8) is 0 Å². The molecule has 35 heavy (non-hydrogen) atoms. The van der Waals surface area contributed by atoms with Gasteiger partial charge in [-0.1, -0.05) is 29.5 Å². The molecule has 2 aromatic rings. The van der Waals surface area contributed by atoms with E-state index in [4.69, 9.17) is 19.2 Å². The number of esters is 1. The maximum atomic E-state index is 12.8. The van der Waals surface area contributed by atoms with Gasteiger partial charge in [0.15, 0.2) is 5.17 Å². The van der Waals surface area contributed by atoms with Crippen LogP contribution in [0.5, 0.6) is 11.5 Å². The van der Waals surface area contributed by atoms with Gasteiger partial charge in [-0.25, -0.2) is 9.79 Å². The third-order valence-corrected chi connectivity index (χ3v) is 6.33. The Bertz CT molecular complexity index is 1180. The first-order chi connectivity index (χ1) is 16.8. The summed E-state index contributed by atoms with van der Waals surface area (Å²) >= 11 is 1.26. The van der Waals surface area contributed by atoms with E-state index in [2.05, 4.69) is 10.6 Å². The highest BCUT2D eigenvalue weighted by atomic mass is 32.2. The van der Waals surface area contributed by atoms with Crippen LogP contribution in [0.3, 0.4) is 0 Å². The van der Waals surface area contributed by atoms with Gasteiger partial charge >= 0.3 is 5.97 Å². The Morgan fingerprint density at radius 1 is 1.09 bits per heavy atom. The van der Waals surface area contributed by atoms with E-state index in [1.165, 1.54) is 11.8 Å². The number of carbonyl (C=O) groups is 2. The van der Waals surface area contributed by atoms with E-state index in [1.807, 2.05) is 38.1 Å². The average molecular weight is 498 g/mol. The lowest BCUT2D eigenvalue weighted by molar-refractivity contribution is -0.139. The molecule has 9 heteroatoms. The fourth-order valence-electron chi connectivity index (χ4n) is 3.74. The van der Waals surface area contributed by atoms with Crippen molar-refractivity contribution in [1.29, 1.82) is 0 Å². The van der Waals surface area contributed by atoms with Crippen LogP contribution in [-0.4, -0.2) is 43.6 Å². The number of nitrogens with zero attached hydrogens (tertiary/aromatic N) is 1. The summed E-state index contributed by atoms with van der Waals surface area (Å²) in [6.07, 6.45) is 0. The van der Waals surface area contributed by atoms with Crippen LogP contribution in [0.4, 0.5) is 5.69 Å². The van der Waals surface area contributed by atoms with E-state index in [0.717, 1.165) is 16.8 Å². The van der Waals surface area contributed by atoms with Crippen LogP contribution in [0.2, 0.25) is 0 Å². The summed E-state index contributed by atoms with van der Waals surface area (Å²) in [6, 6.07) is 10.6. The Balaban J connectivity index is 1.85. The predicted octanol–water partition coefficient (Wildman–Crippen LogP) is 4.53. The van der Waals surface area contributed by atoms with Crippen molar-refractivity contribution in [2.75, 3.05) is 31.9 Å². The molecule has 0 fully saturated rings. The van der Waals surface area contributed by atoms with Crippen molar-refractivity contribution in [2.24, 2.45) is 4.99 Å². The molecule has 1 aliphatic heterocycles. The number of amidine groups is 1. The van der Waals surface area contributed by atoms with E-state index in [9.17, 15) is 9.59 Å². The van der Waals surface area contributed by atoms with Crippen LogP contribution in [0.25, 0.3) is 0 Å². The number of methoxy groups -OCH3 is 2. The Hall–Kier alpha value is -3.46. The fourth-order valence-corrected chi connectivity index (χ4v) is 4.48. The molecule has 0 bridgehead atoms. The van der Waals surface area contributed by atoms with Crippen molar-refractivity contribution in [1.82, 2.24) is 5.32 Å². The van der Waals surface area contributed by atoms with E-state index in [0.29, 0.717) is 33.5 Å². The molecular weight excluding hydrogens is 466 g/mol. The summed E-state index contributed by atoms with van der Waals surface area (Å²) in [5.41, 5.74) is 4.60. The second-order valence-electron chi connectivity index (χ2n) is 7.98. The lowest BCUT2D eigenvalue weighted by Crippen LogP contribution is -2.31. The third-order valence-electron chi connectivity index (χ3n) is 5.44. The predicted molar refractivity (Wildman–Crippen MR) is 139 cm³/mol. The van der Waals surface area contributed by atoms with Gasteiger partial charge in [0.05, 0.1) is 32.2 Å². The van der Waals surface area contributed by atoms with Crippen LogP contribution >= 0.6 is 11.8 Å². The SMILES string of the molecule is CCOC(=O)C1=C(C)NC(SCC(=O)Nc2ccc(C)cc2C)=N[C@@H]1c1ccc(OC)cc1OC. The first-order valence-corrected chi connectivity index (χ1v) is 12.2. The van der Waals surface area contributed by atoms with Gasteiger partial charge in [-0.05, 0) is 51.5 Å². The topological polar surface area (TPSA) is 98.2 Å². The fraction of sp³-hybridized carbons (Fsp3) is 0.346. The summed E-state index contributed by atoms with van der Waals surface area (Å²) in [6.45, 7) is 7.76. The number of thioether (sulfide) groups is 1. The van der Waals surface area contributed by atoms with Gasteiger partial charge in [0, 0.05) is 23.0 Å². The van der Waals surface area contributed by atoms with Crippen molar-refractivity contribution >= 4 is 34.5 Å². The number of allylic oxidation sites excluding steroid dienone is 1. The number of carbonyl (C=O) groups excluding carboxylic acids is 2. The Morgan fingerprint density at radius 3 is 2.51 bits per heavy atom. The van der Waals surface area contributed by atoms with Gasteiger partial charge in [-0.15, -0.1) is 0 Å². The molecule has 0 spiro atoms. The minimum Gasteiger partial charge on any atom is -0.497 e. The van der Waals surface area contributed by atoms with Crippen LogP contribution < -0.4 is 20.1 Å². The van der Waals surface area contributed by atoms with E-state index >= 15 is 0 Å². The van der Waals surface area contributed by atoms with Crippen molar-refractivity contribution in [2.45, 2.75) is 33.7 Å². The summed E-state index contributed by atoms with van der Waals surface area (Å²) in [5, 5.41) is 6.62. The first-order valence-electron chi connectivity index (χ1n) is 11.2. The van der Waals surface area contributed by atoms with Crippen LogP contribution in [0.1, 0.15) is 36.6 Å². The zero-order chi connectivity index (χ0) is 25.5. The zero-order valence-electron chi connectivity index (χ0n) is 20.9. The lowest BCUT2D eigenvalue weighted by Gasteiger charge is -2.26. The minimum absolute atomic E-state index is 0.146. The number of nitrogens with one attached hydrogen (secondary N) is 2. The summed E-state index contributed by atoms with van der Waals surface area (Å²) < 4.78 is 16.2. The van der Waals surface area contributed by atoms with Crippen LogP contribution in [-0.2, 0) is 14.3 Å². The lowest BCUT2D eigenvalue weighted by atomic mass is 9.95. The van der Waals surface area contributed by atoms with Gasteiger partial charge in [-0.2, -0.15) is 0 Å². The number of benzene rings is 2. The number of hydrogen-bond donors (Lipinski definition) is 2. The molecule has 3 rings (SSSR count). The molecule has 2 N–H and O–H groups in total. The molecule has 0 aromatic heterocycles. The van der Waals surface area contributed by atoms with Gasteiger partial charge < -0.3 is 24.8 Å². The molecule has 186 valence electrons. The monoisotopic (exact) mass is 497 g/mol. The van der Waals surface area contributed by atoms with Gasteiger partial charge in [0.2, 0.25) is 5.91 Å². The highest BCUT2D eigenvalue weighted by molar-refractivity contribution is 8.14. The minimum atomic E-state index is -0.666. The second kappa shape index (κ2) is 11.8. The largest absolute Gasteiger partial charge is 0.497 e. The molecular formula is C26H31N3O5S. The van der Waals surface area contributed by atoms with E-state index in [1.54, 1.807) is 40.2 Å². The van der Waals surface area contributed by atoms with Gasteiger partial charge in [0.1, 0.15) is 17.5 Å². The molecule has 8 nitrogen and oxygen atoms in total. The van der Waals surface area contributed by atoms with Gasteiger partial charge in [0.25, 0.3) is 0 Å². The highest BCUT2D eigenvalue weighted by Gasteiger charge is 2.32. The molecule has 0 unspecified atom stereocenters. The van der Waals surface area contributed by atoms with Gasteiger partial charge in [-0.3, -0.25) is 4.79 Å². The van der Waals surface area contributed by atoms with Crippen molar-refractivity contribution < 1.29 is 23.8 Å². The number of amides is 1. The Morgan fingerprint density at radius 2 is 1.86 bits per heavy atom. The number of ether oxygens (including phenoxy) is 3. The number of aliphatic imine (C=N–C) groups is 1. The Labute approximate surface area is 210 Å². The maximum Gasteiger partial charge on any atom is 0.338 e. The molecule has 1 atom stereocenters. The molecule has 0 aliphatic carbocycles. The second-order valence-corrected chi connectivity index (χ2v) is 8.95. The molecule has 0 saturated heterocycles. The average Bonchev–Trinajstić information content (AvgIpc) is 2.83. The third kappa shape index (κ3) is 6.36. The number of anilines is 1. The molecule has 2 aromatic carbocycles. The highest BCUT2D eigenvalue weighted by Crippen LogP contribution is 2.39. The normalized spacial score (nSPS) is 15.1. The van der Waals surface area contributed by atoms with Crippen molar-refractivity contribution in [3.8, 4) is 11.5 Å².